The molecular formula is C17H19FN2O4S2. The van der Waals surface area contributed by atoms with Crippen molar-refractivity contribution in [1.29, 1.82) is 0 Å². The summed E-state index contributed by atoms with van der Waals surface area (Å²) in [5.41, 5.74) is 2.32. The van der Waals surface area contributed by atoms with E-state index >= 15 is 0 Å². The van der Waals surface area contributed by atoms with Crippen LogP contribution in [0.2, 0.25) is 0 Å². The molecule has 0 aromatic heterocycles. The van der Waals surface area contributed by atoms with Crippen molar-refractivity contribution in [3.05, 3.63) is 58.9 Å². The fraction of sp³-hybridized carbons (Fsp3) is 0.294. The molecule has 0 saturated carbocycles. The summed E-state index contributed by atoms with van der Waals surface area (Å²) in [6.45, 7) is 2.11. The molecular weight excluding hydrogens is 379 g/mol. The Morgan fingerprint density at radius 1 is 1.04 bits per heavy atom. The molecule has 0 unspecified atom stereocenters. The molecule has 0 fully saturated rings. The van der Waals surface area contributed by atoms with E-state index < -0.39 is 25.9 Å². The van der Waals surface area contributed by atoms with E-state index in [1.807, 2.05) is 0 Å². The van der Waals surface area contributed by atoms with Crippen molar-refractivity contribution in [2.24, 2.45) is 0 Å². The van der Waals surface area contributed by atoms with Crippen LogP contribution in [0.4, 0.5) is 10.1 Å². The fourth-order valence-corrected chi connectivity index (χ4v) is 4.81. The number of rotatable bonds is 4. The second-order valence-corrected chi connectivity index (χ2v) is 10.0. The van der Waals surface area contributed by atoms with Gasteiger partial charge in [0.1, 0.15) is 5.82 Å². The Hall–Kier alpha value is -1.97. The van der Waals surface area contributed by atoms with Gasteiger partial charge >= 0.3 is 0 Å². The van der Waals surface area contributed by atoms with Gasteiger partial charge in [-0.2, -0.15) is 4.31 Å². The van der Waals surface area contributed by atoms with Crippen molar-refractivity contribution < 1.29 is 21.2 Å². The Kier molecular flexibility index (Phi) is 4.80. The van der Waals surface area contributed by atoms with Crippen LogP contribution in [-0.2, 0) is 33.0 Å². The van der Waals surface area contributed by atoms with Gasteiger partial charge in [-0.05, 0) is 60.4 Å². The third-order valence-corrected chi connectivity index (χ3v) is 6.97. The standard InChI is InChI=1S/C17H19FN2O4S2/c1-12-9-16(5-6-17(12)18)26(23,24)19-15-4-3-13-7-8-20(25(2,21)22)11-14(13)10-15/h3-6,9-10,19H,7-8,11H2,1-2H3. The van der Waals surface area contributed by atoms with Crippen LogP contribution in [0.3, 0.4) is 0 Å². The van der Waals surface area contributed by atoms with Gasteiger partial charge in [-0.25, -0.2) is 21.2 Å². The molecule has 1 heterocycles. The predicted octanol–water partition coefficient (Wildman–Crippen LogP) is 2.25. The number of fused-ring (bicyclic) bond motifs is 1. The molecule has 26 heavy (non-hydrogen) atoms. The van der Waals surface area contributed by atoms with Crippen molar-refractivity contribution in [3.8, 4) is 0 Å². The summed E-state index contributed by atoms with van der Waals surface area (Å²) in [5.74, 6) is -0.474. The zero-order valence-corrected chi connectivity index (χ0v) is 16.0. The zero-order valence-electron chi connectivity index (χ0n) is 14.4. The Balaban J connectivity index is 1.88. The highest BCUT2D eigenvalue weighted by Crippen LogP contribution is 2.26. The highest BCUT2D eigenvalue weighted by molar-refractivity contribution is 7.92. The topological polar surface area (TPSA) is 83.6 Å². The smallest absolute Gasteiger partial charge is 0.261 e. The van der Waals surface area contributed by atoms with Crippen LogP contribution < -0.4 is 4.72 Å². The van der Waals surface area contributed by atoms with Crippen molar-refractivity contribution in [2.75, 3.05) is 17.5 Å². The van der Waals surface area contributed by atoms with Crippen LogP contribution in [0, 0.1) is 12.7 Å². The van der Waals surface area contributed by atoms with Gasteiger partial charge in [-0.1, -0.05) is 6.07 Å². The Labute approximate surface area is 152 Å². The van der Waals surface area contributed by atoms with Crippen molar-refractivity contribution in [1.82, 2.24) is 4.31 Å². The van der Waals surface area contributed by atoms with Crippen LogP contribution in [0.5, 0.6) is 0 Å². The third-order valence-electron chi connectivity index (χ3n) is 4.34. The summed E-state index contributed by atoms with van der Waals surface area (Å²) in [4.78, 5) is -0.0353. The Morgan fingerprint density at radius 3 is 2.42 bits per heavy atom. The van der Waals surface area contributed by atoms with Gasteiger partial charge in [-0.3, -0.25) is 4.72 Å². The lowest BCUT2D eigenvalue weighted by Crippen LogP contribution is -2.35. The first-order chi connectivity index (χ1) is 12.1. The van der Waals surface area contributed by atoms with Gasteiger partial charge in [-0.15, -0.1) is 0 Å². The molecule has 0 radical (unpaired) electrons. The number of hydrogen-bond acceptors (Lipinski definition) is 4. The highest BCUT2D eigenvalue weighted by atomic mass is 32.2. The first kappa shape index (κ1) is 18.8. The number of benzene rings is 2. The Bertz CT molecular complexity index is 1070. The summed E-state index contributed by atoms with van der Waals surface area (Å²) < 4.78 is 65.7. The molecule has 1 N–H and O–H groups in total. The molecule has 3 rings (SSSR count). The van der Waals surface area contributed by atoms with Gasteiger partial charge in [0.05, 0.1) is 11.2 Å². The fourth-order valence-electron chi connectivity index (χ4n) is 2.88. The van der Waals surface area contributed by atoms with Gasteiger partial charge in [0.15, 0.2) is 0 Å². The summed E-state index contributed by atoms with van der Waals surface area (Å²) >= 11 is 0. The van der Waals surface area contributed by atoms with E-state index in [1.165, 1.54) is 23.4 Å². The summed E-state index contributed by atoms with van der Waals surface area (Å²) in [5, 5.41) is 0. The van der Waals surface area contributed by atoms with Crippen LogP contribution in [-0.4, -0.2) is 33.9 Å². The number of nitrogens with zero attached hydrogens (tertiary/aromatic N) is 1. The molecule has 1 aliphatic rings. The summed E-state index contributed by atoms with van der Waals surface area (Å²) in [6.07, 6.45) is 1.73. The van der Waals surface area contributed by atoms with Crippen molar-refractivity contribution in [2.45, 2.75) is 24.8 Å². The first-order valence-corrected chi connectivity index (χ1v) is 11.3. The molecule has 0 saturated heterocycles. The normalized spacial score (nSPS) is 15.5. The van der Waals surface area contributed by atoms with Gasteiger partial charge in [0.25, 0.3) is 10.0 Å². The van der Waals surface area contributed by atoms with Gasteiger partial charge < -0.3 is 0 Å². The third kappa shape index (κ3) is 3.89. The number of anilines is 1. The number of halogens is 1. The van der Waals surface area contributed by atoms with E-state index in [9.17, 15) is 21.2 Å². The first-order valence-electron chi connectivity index (χ1n) is 7.92. The van der Waals surface area contributed by atoms with Crippen molar-refractivity contribution >= 4 is 25.7 Å². The quantitative estimate of drug-likeness (QED) is 0.856. The predicted molar refractivity (Wildman–Crippen MR) is 97.3 cm³/mol. The lowest BCUT2D eigenvalue weighted by atomic mass is 10.0. The molecule has 1 aliphatic heterocycles. The maximum absolute atomic E-state index is 13.4. The SMILES string of the molecule is Cc1cc(S(=O)(=O)Nc2ccc3c(c2)CN(S(C)(=O)=O)CC3)ccc1F. The van der Waals surface area contributed by atoms with Gasteiger partial charge in [0, 0.05) is 18.8 Å². The van der Waals surface area contributed by atoms with E-state index in [0.29, 0.717) is 18.7 Å². The minimum atomic E-state index is -3.87. The molecule has 140 valence electrons. The Morgan fingerprint density at radius 2 is 1.77 bits per heavy atom. The number of nitrogens with one attached hydrogen (secondary N) is 1. The molecule has 6 nitrogen and oxygen atoms in total. The second-order valence-electron chi connectivity index (χ2n) is 6.35. The van der Waals surface area contributed by atoms with E-state index in [0.717, 1.165) is 23.4 Å². The number of sulfonamides is 2. The van der Waals surface area contributed by atoms with Gasteiger partial charge in [0.2, 0.25) is 10.0 Å². The molecule has 2 aromatic rings. The van der Waals surface area contributed by atoms with E-state index in [4.69, 9.17) is 0 Å². The molecule has 0 spiro atoms. The molecule has 0 aliphatic carbocycles. The monoisotopic (exact) mass is 398 g/mol. The summed E-state index contributed by atoms with van der Waals surface area (Å²) in [7, 11) is -7.18. The largest absolute Gasteiger partial charge is 0.280 e. The minimum absolute atomic E-state index is 0.0353. The number of hydrogen-bond donors (Lipinski definition) is 1. The van der Waals surface area contributed by atoms with Crippen LogP contribution >= 0.6 is 0 Å². The second kappa shape index (κ2) is 6.64. The zero-order chi connectivity index (χ0) is 19.1. The average molecular weight is 398 g/mol. The summed E-state index contributed by atoms with van der Waals surface area (Å²) in [6, 6.07) is 8.66. The van der Waals surface area contributed by atoms with Crippen LogP contribution in [0.15, 0.2) is 41.3 Å². The highest BCUT2D eigenvalue weighted by Gasteiger charge is 2.24. The average Bonchev–Trinajstić information content (AvgIpc) is 2.55. The molecule has 9 heteroatoms. The molecule has 2 aromatic carbocycles. The lowest BCUT2D eigenvalue weighted by molar-refractivity contribution is 0.395. The number of aryl methyl sites for hydroxylation is 1. The lowest BCUT2D eigenvalue weighted by Gasteiger charge is -2.27. The van der Waals surface area contributed by atoms with E-state index in [1.54, 1.807) is 18.2 Å². The van der Waals surface area contributed by atoms with Crippen LogP contribution in [0.1, 0.15) is 16.7 Å². The molecule has 0 amide bonds. The molecule has 0 atom stereocenters. The van der Waals surface area contributed by atoms with Crippen molar-refractivity contribution in [3.63, 3.8) is 0 Å². The maximum atomic E-state index is 13.4. The maximum Gasteiger partial charge on any atom is 0.261 e. The van der Waals surface area contributed by atoms with E-state index in [2.05, 4.69) is 4.72 Å². The van der Waals surface area contributed by atoms with Crippen LogP contribution in [0.25, 0.3) is 0 Å². The minimum Gasteiger partial charge on any atom is -0.280 e. The van der Waals surface area contributed by atoms with E-state index in [-0.39, 0.29) is 17.0 Å². The molecule has 0 bridgehead atoms.